The standard InChI is InChI=1S/C15H21BrClNO/c1-4-15(3)13(9-14(15)19-5-2)18-10-6-7-12(17)11(16)8-10/h6-8,13-14,18H,4-5,9H2,1-3H3. The summed E-state index contributed by atoms with van der Waals surface area (Å²) in [5.74, 6) is 0. The molecule has 2 nitrogen and oxygen atoms in total. The van der Waals surface area contributed by atoms with Gasteiger partial charge in [0.15, 0.2) is 0 Å². The highest BCUT2D eigenvalue weighted by molar-refractivity contribution is 9.10. The largest absolute Gasteiger partial charge is 0.382 e. The first kappa shape index (κ1) is 15.1. The summed E-state index contributed by atoms with van der Waals surface area (Å²) in [6.45, 7) is 7.39. The number of hydrogen-bond acceptors (Lipinski definition) is 2. The molecule has 4 heteroatoms. The zero-order valence-electron chi connectivity index (χ0n) is 11.7. The fourth-order valence-corrected chi connectivity index (χ4v) is 3.26. The van der Waals surface area contributed by atoms with Crippen LogP contribution in [0.4, 0.5) is 5.69 Å². The van der Waals surface area contributed by atoms with Gasteiger partial charge in [-0.3, -0.25) is 0 Å². The number of ether oxygens (including phenoxy) is 1. The van der Waals surface area contributed by atoms with Gasteiger partial charge in [-0.25, -0.2) is 0 Å². The molecule has 0 saturated heterocycles. The topological polar surface area (TPSA) is 21.3 Å². The van der Waals surface area contributed by atoms with Crippen molar-refractivity contribution in [1.29, 1.82) is 0 Å². The molecule has 3 unspecified atom stereocenters. The molecule has 0 amide bonds. The van der Waals surface area contributed by atoms with Crippen LogP contribution >= 0.6 is 27.5 Å². The van der Waals surface area contributed by atoms with Gasteiger partial charge in [-0.2, -0.15) is 0 Å². The first-order valence-electron chi connectivity index (χ1n) is 6.84. The van der Waals surface area contributed by atoms with E-state index >= 15 is 0 Å². The Balaban J connectivity index is 2.05. The highest BCUT2D eigenvalue weighted by Crippen LogP contribution is 2.47. The molecule has 0 bridgehead atoms. The molecule has 3 atom stereocenters. The average Bonchev–Trinajstić information content (AvgIpc) is 2.40. The van der Waals surface area contributed by atoms with Gasteiger partial charge in [0.2, 0.25) is 0 Å². The van der Waals surface area contributed by atoms with E-state index in [9.17, 15) is 0 Å². The molecule has 1 aliphatic rings. The van der Waals surface area contributed by atoms with Gasteiger partial charge in [0.05, 0.1) is 11.1 Å². The number of hydrogen-bond donors (Lipinski definition) is 1. The fraction of sp³-hybridized carbons (Fsp3) is 0.600. The van der Waals surface area contributed by atoms with E-state index in [2.05, 4.69) is 42.0 Å². The normalized spacial score (nSPS) is 29.9. The van der Waals surface area contributed by atoms with Crippen molar-refractivity contribution >= 4 is 33.2 Å². The molecule has 0 heterocycles. The molecule has 1 N–H and O–H groups in total. The van der Waals surface area contributed by atoms with Gasteiger partial charge in [0.1, 0.15) is 0 Å². The quantitative estimate of drug-likeness (QED) is 0.800. The molecule has 0 aliphatic heterocycles. The van der Waals surface area contributed by atoms with Gasteiger partial charge < -0.3 is 10.1 Å². The zero-order chi connectivity index (χ0) is 14.0. The molecule has 1 aliphatic carbocycles. The van der Waals surface area contributed by atoms with E-state index in [-0.39, 0.29) is 5.41 Å². The summed E-state index contributed by atoms with van der Waals surface area (Å²) in [5, 5.41) is 4.35. The summed E-state index contributed by atoms with van der Waals surface area (Å²) in [4.78, 5) is 0. The molecule has 0 spiro atoms. The molecule has 1 aromatic rings. The number of rotatable bonds is 5. The third-order valence-electron chi connectivity index (χ3n) is 4.37. The van der Waals surface area contributed by atoms with Crippen molar-refractivity contribution in [2.45, 2.75) is 45.8 Å². The van der Waals surface area contributed by atoms with Gasteiger partial charge in [-0.15, -0.1) is 0 Å². The maximum Gasteiger partial charge on any atom is 0.0667 e. The van der Waals surface area contributed by atoms with Crippen molar-refractivity contribution < 1.29 is 4.74 Å². The predicted octanol–water partition coefficient (Wildman–Crippen LogP) is 5.11. The van der Waals surface area contributed by atoms with Crippen molar-refractivity contribution in [2.24, 2.45) is 5.41 Å². The fourth-order valence-electron chi connectivity index (χ4n) is 2.76. The van der Waals surface area contributed by atoms with Crippen LogP contribution in [0.1, 0.15) is 33.6 Å². The Bertz CT molecular complexity index is 454. The van der Waals surface area contributed by atoms with Crippen LogP contribution in [0.2, 0.25) is 5.02 Å². The van der Waals surface area contributed by atoms with E-state index in [1.807, 2.05) is 18.2 Å². The van der Waals surface area contributed by atoms with E-state index < -0.39 is 0 Å². The first-order chi connectivity index (χ1) is 9.01. The molecule has 1 fully saturated rings. The highest BCUT2D eigenvalue weighted by Gasteiger charge is 2.51. The Morgan fingerprint density at radius 3 is 2.79 bits per heavy atom. The highest BCUT2D eigenvalue weighted by atomic mass is 79.9. The Morgan fingerprint density at radius 1 is 1.47 bits per heavy atom. The zero-order valence-corrected chi connectivity index (χ0v) is 14.0. The van der Waals surface area contributed by atoms with Crippen LogP contribution in [0.5, 0.6) is 0 Å². The Kier molecular flexibility index (Phi) is 4.80. The second-order valence-electron chi connectivity index (χ2n) is 5.36. The number of benzene rings is 1. The second kappa shape index (κ2) is 6.02. The van der Waals surface area contributed by atoms with Crippen LogP contribution in [0.15, 0.2) is 22.7 Å². The summed E-state index contributed by atoms with van der Waals surface area (Å²) in [7, 11) is 0. The van der Waals surface area contributed by atoms with E-state index in [1.165, 1.54) is 0 Å². The predicted molar refractivity (Wildman–Crippen MR) is 85.0 cm³/mol. The minimum atomic E-state index is 0.210. The van der Waals surface area contributed by atoms with Crippen molar-refractivity contribution in [3.8, 4) is 0 Å². The summed E-state index contributed by atoms with van der Waals surface area (Å²) >= 11 is 9.48. The van der Waals surface area contributed by atoms with Gasteiger partial charge >= 0.3 is 0 Å². The van der Waals surface area contributed by atoms with E-state index in [4.69, 9.17) is 16.3 Å². The van der Waals surface area contributed by atoms with Crippen molar-refractivity contribution in [3.05, 3.63) is 27.7 Å². The Hall–Kier alpha value is -0.250. The lowest BCUT2D eigenvalue weighted by Crippen LogP contribution is -2.59. The molecule has 19 heavy (non-hydrogen) atoms. The van der Waals surface area contributed by atoms with E-state index in [0.717, 1.165) is 34.6 Å². The molecular weight excluding hydrogens is 326 g/mol. The molecule has 1 saturated carbocycles. The SMILES string of the molecule is CCOC1CC(Nc2ccc(Cl)c(Br)c2)C1(C)CC. The lowest BCUT2D eigenvalue weighted by atomic mass is 9.61. The summed E-state index contributed by atoms with van der Waals surface area (Å²) in [5.41, 5.74) is 1.32. The van der Waals surface area contributed by atoms with Crippen LogP contribution in [0.3, 0.4) is 0 Å². The average molecular weight is 347 g/mol. The van der Waals surface area contributed by atoms with Gasteiger partial charge in [0.25, 0.3) is 0 Å². The van der Waals surface area contributed by atoms with Gasteiger partial charge in [-0.1, -0.05) is 25.4 Å². The molecule has 0 aromatic heterocycles. The summed E-state index contributed by atoms with van der Waals surface area (Å²) in [6.07, 6.45) is 2.55. The second-order valence-corrected chi connectivity index (χ2v) is 6.63. The van der Waals surface area contributed by atoms with Crippen LogP contribution < -0.4 is 5.32 Å². The minimum absolute atomic E-state index is 0.210. The number of halogens is 2. The van der Waals surface area contributed by atoms with Crippen LogP contribution in [0, 0.1) is 5.41 Å². The van der Waals surface area contributed by atoms with Gasteiger partial charge in [-0.05, 0) is 53.9 Å². The van der Waals surface area contributed by atoms with E-state index in [1.54, 1.807) is 0 Å². The first-order valence-corrected chi connectivity index (χ1v) is 8.01. The lowest BCUT2D eigenvalue weighted by molar-refractivity contribution is -0.109. The smallest absolute Gasteiger partial charge is 0.0667 e. The van der Waals surface area contributed by atoms with Crippen molar-refractivity contribution in [3.63, 3.8) is 0 Å². The lowest BCUT2D eigenvalue weighted by Gasteiger charge is -2.54. The van der Waals surface area contributed by atoms with Gasteiger partial charge in [0, 0.05) is 28.2 Å². The summed E-state index contributed by atoms with van der Waals surface area (Å²) in [6, 6.07) is 6.43. The van der Waals surface area contributed by atoms with Crippen LogP contribution in [-0.2, 0) is 4.74 Å². The summed E-state index contributed by atoms with van der Waals surface area (Å²) < 4.78 is 6.75. The Labute approximate surface area is 129 Å². The van der Waals surface area contributed by atoms with E-state index in [0.29, 0.717) is 12.1 Å². The maximum absolute atomic E-state index is 6.02. The molecule has 106 valence electrons. The Morgan fingerprint density at radius 2 is 2.21 bits per heavy atom. The third kappa shape index (κ3) is 2.93. The van der Waals surface area contributed by atoms with Crippen molar-refractivity contribution in [2.75, 3.05) is 11.9 Å². The molecule has 0 radical (unpaired) electrons. The van der Waals surface area contributed by atoms with Crippen LogP contribution in [-0.4, -0.2) is 18.8 Å². The molecule has 2 rings (SSSR count). The number of anilines is 1. The maximum atomic E-state index is 6.02. The molecule has 1 aromatic carbocycles. The monoisotopic (exact) mass is 345 g/mol. The number of nitrogens with one attached hydrogen (secondary N) is 1. The van der Waals surface area contributed by atoms with Crippen molar-refractivity contribution in [1.82, 2.24) is 0 Å². The minimum Gasteiger partial charge on any atom is -0.382 e. The third-order valence-corrected chi connectivity index (χ3v) is 5.59. The molecular formula is C15H21BrClNO. The van der Waals surface area contributed by atoms with Crippen LogP contribution in [0.25, 0.3) is 0 Å².